The largest absolute Gasteiger partial charge is 0.481 e. The summed E-state index contributed by atoms with van der Waals surface area (Å²) in [5.41, 5.74) is -0.864. The molecule has 1 amide bonds. The molecule has 0 spiro atoms. The van der Waals surface area contributed by atoms with E-state index >= 15 is 0 Å². The van der Waals surface area contributed by atoms with Crippen LogP contribution in [0.15, 0.2) is 0 Å². The summed E-state index contributed by atoms with van der Waals surface area (Å²) in [6.45, 7) is 5.63. The van der Waals surface area contributed by atoms with Crippen LogP contribution in [-0.4, -0.2) is 49.5 Å². The molecule has 122 valence electrons. The quantitative estimate of drug-likeness (QED) is 0.675. The van der Waals surface area contributed by atoms with E-state index in [-0.39, 0.29) is 25.0 Å². The topological polar surface area (TPSA) is 84.9 Å². The van der Waals surface area contributed by atoms with Gasteiger partial charge in [0.15, 0.2) is 0 Å². The lowest BCUT2D eigenvalue weighted by Crippen LogP contribution is -2.42. The molecule has 0 aromatic heterocycles. The summed E-state index contributed by atoms with van der Waals surface area (Å²) in [4.78, 5) is 23.1. The molecule has 0 atom stereocenters. The highest BCUT2D eigenvalue weighted by Crippen LogP contribution is 2.25. The number of hydrogen-bond donors (Lipinski definition) is 2. The summed E-state index contributed by atoms with van der Waals surface area (Å²) in [5.74, 6) is -1.01. The molecule has 0 aromatic carbocycles. The number of carboxylic acid groups (broad SMARTS) is 1. The Bertz CT molecular complexity index is 335. The van der Waals surface area contributed by atoms with Crippen LogP contribution in [0.4, 0.5) is 0 Å². The summed E-state index contributed by atoms with van der Waals surface area (Å²) in [6.07, 6.45) is 3.18. The fourth-order valence-electron chi connectivity index (χ4n) is 2.40. The third-order valence-corrected chi connectivity index (χ3v) is 4.28. The van der Waals surface area contributed by atoms with E-state index in [0.717, 1.165) is 12.8 Å². The molecule has 1 aliphatic rings. The minimum atomic E-state index is -0.864. The van der Waals surface area contributed by atoms with Crippen LogP contribution in [0.3, 0.4) is 0 Å². The number of aliphatic carboxylic acids is 1. The molecule has 6 heteroatoms. The van der Waals surface area contributed by atoms with E-state index in [2.05, 4.69) is 5.32 Å². The zero-order chi connectivity index (χ0) is 15.7. The molecule has 0 aromatic rings. The van der Waals surface area contributed by atoms with Crippen molar-refractivity contribution < 1.29 is 24.2 Å². The van der Waals surface area contributed by atoms with Crippen molar-refractivity contribution in [2.24, 2.45) is 5.41 Å². The third kappa shape index (κ3) is 5.63. The number of nitrogens with one attached hydrogen (secondary N) is 1. The summed E-state index contributed by atoms with van der Waals surface area (Å²) in [5, 5.41) is 12.0. The SMILES string of the molecule is CCC(CC)(CNC(=O)CCOC1CCOCC1)C(=O)O. The molecule has 0 radical (unpaired) electrons. The molecule has 2 N–H and O–H groups in total. The Balaban J connectivity index is 2.24. The number of rotatable bonds is 9. The number of carbonyl (C=O) groups is 2. The van der Waals surface area contributed by atoms with Gasteiger partial charge < -0.3 is 19.9 Å². The van der Waals surface area contributed by atoms with E-state index in [1.54, 1.807) is 0 Å². The van der Waals surface area contributed by atoms with Gasteiger partial charge in [0.25, 0.3) is 0 Å². The second-order valence-electron chi connectivity index (χ2n) is 5.50. The van der Waals surface area contributed by atoms with Crippen LogP contribution >= 0.6 is 0 Å². The van der Waals surface area contributed by atoms with Gasteiger partial charge in [-0.15, -0.1) is 0 Å². The average Bonchev–Trinajstić information content (AvgIpc) is 2.49. The minimum Gasteiger partial charge on any atom is -0.481 e. The van der Waals surface area contributed by atoms with Crippen LogP contribution in [-0.2, 0) is 19.1 Å². The van der Waals surface area contributed by atoms with Gasteiger partial charge in [0, 0.05) is 26.2 Å². The highest BCUT2D eigenvalue weighted by Gasteiger charge is 2.35. The molecular formula is C15H27NO5. The van der Waals surface area contributed by atoms with Gasteiger partial charge in [-0.3, -0.25) is 9.59 Å². The number of amides is 1. The second kappa shape index (κ2) is 9.00. The maximum Gasteiger partial charge on any atom is 0.311 e. The van der Waals surface area contributed by atoms with Crippen molar-refractivity contribution in [3.8, 4) is 0 Å². The van der Waals surface area contributed by atoms with E-state index in [1.807, 2.05) is 13.8 Å². The number of carbonyl (C=O) groups excluding carboxylic acids is 1. The molecule has 1 fully saturated rings. The van der Waals surface area contributed by atoms with Crippen molar-refractivity contribution in [2.45, 2.75) is 52.1 Å². The normalized spacial score (nSPS) is 16.7. The van der Waals surface area contributed by atoms with Crippen molar-refractivity contribution >= 4 is 11.9 Å². The Hall–Kier alpha value is -1.14. The van der Waals surface area contributed by atoms with Crippen LogP contribution in [0.25, 0.3) is 0 Å². The summed E-state index contributed by atoms with van der Waals surface area (Å²) in [6, 6.07) is 0. The highest BCUT2D eigenvalue weighted by molar-refractivity contribution is 5.79. The summed E-state index contributed by atoms with van der Waals surface area (Å²) < 4.78 is 10.9. The first-order chi connectivity index (χ1) is 10.0. The highest BCUT2D eigenvalue weighted by atomic mass is 16.5. The Morgan fingerprint density at radius 1 is 1.29 bits per heavy atom. The number of hydrogen-bond acceptors (Lipinski definition) is 4. The standard InChI is InChI=1S/C15H27NO5/c1-3-15(4-2,14(18)19)11-16-13(17)7-10-21-12-5-8-20-9-6-12/h12H,3-11H2,1-2H3,(H,16,17)(H,18,19). The first kappa shape index (κ1) is 17.9. The molecule has 0 saturated carbocycles. The van der Waals surface area contributed by atoms with Gasteiger partial charge in [0.1, 0.15) is 0 Å². The molecule has 1 aliphatic heterocycles. The van der Waals surface area contributed by atoms with Crippen LogP contribution in [0.5, 0.6) is 0 Å². The maximum atomic E-state index is 11.8. The van der Waals surface area contributed by atoms with Gasteiger partial charge >= 0.3 is 5.97 Å². The van der Waals surface area contributed by atoms with Gasteiger partial charge in [0.05, 0.1) is 18.1 Å². The van der Waals surface area contributed by atoms with Gasteiger partial charge in [-0.2, -0.15) is 0 Å². The van der Waals surface area contributed by atoms with Gasteiger partial charge in [-0.25, -0.2) is 0 Å². The molecule has 0 aliphatic carbocycles. The lowest BCUT2D eigenvalue weighted by Gasteiger charge is -2.27. The van der Waals surface area contributed by atoms with Crippen molar-refractivity contribution in [2.75, 3.05) is 26.4 Å². The minimum absolute atomic E-state index is 0.158. The lowest BCUT2D eigenvalue weighted by atomic mass is 9.82. The van der Waals surface area contributed by atoms with Crippen LogP contribution in [0.1, 0.15) is 46.0 Å². The molecule has 21 heavy (non-hydrogen) atoms. The van der Waals surface area contributed by atoms with E-state index in [1.165, 1.54) is 0 Å². The van der Waals surface area contributed by atoms with E-state index in [4.69, 9.17) is 9.47 Å². The monoisotopic (exact) mass is 301 g/mol. The first-order valence-electron chi connectivity index (χ1n) is 7.73. The van der Waals surface area contributed by atoms with Crippen LogP contribution < -0.4 is 5.32 Å². The number of carboxylic acids is 1. The first-order valence-corrected chi connectivity index (χ1v) is 7.73. The zero-order valence-corrected chi connectivity index (χ0v) is 13.0. The Labute approximate surface area is 126 Å². The molecule has 6 nitrogen and oxygen atoms in total. The van der Waals surface area contributed by atoms with Crippen molar-refractivity contribution in [3.05, 3.63) is 0 Å². The Morgan fingerprint density at radius 2 is 1.90 bits per heavy atom. The second-order valence-corrected chi connectivity index (χ2v) is 5.50. The molecular weight excluding hydrogens is 274 g/mol. The summed E-state index contributed by atoms with van der Waals surface area (Å²) in [7, 11) is 0. The van der Waals surface area contributed by atoms with E-state index in [0.29, 0.717) is 32.7 Å². The maximum absolute atomic E-state index is 11.8. The van der Waals surface area contributed by atoms with Crippen molar-refractivity contribution in [1.29, 1.82) is 0 Å². The average molecular weight is 301 g/mol. The Morgan fingerprint density at radius 3 is 2.43 bits per heavy atom. The van der Waals surface area contributed by atoms with Gasteiger partial charge in [-0.05, 0) is 25.7 Å². The molecule has 0 unspecified atom stereocenters. The fourth-order valence-corrected chi connectivity index (χ4v) is 2.40. The zero-order valence-electron chi connectivity index (χ0n) is 13.0. The van der Waals surface area contributed by atoms with Crippen molar-refractivity contribution in [3.63, 3.8) is 0 Å². The summed E-state index contributed by atoms with van der Waals surface area (Å²) >= 11 is 0. The Kier molecular flexibility index (Phi) is 7.67. The molecule has 0 bridgehead atoms. The van der Waals surface area contributed by atoms with Crippen molar-refractivity contribution in [1.82, 2.24) is 5.32 Å². The van der Waals surface area contributed by atoms with E-state index in [9.17, 15) is 14.7 Å². The molecule has 1 saturated heterocycles. The molecule has 1 heterocycles. The van der Waals surface area contributed by atoms with Gasteiger partial charge in [0.2, 0.25) is 5.91 Å². The van der Waals surface area contributed by atoms with Crippen LogP contribution in [0.2, 0.25) is 0 Å². The predicted molar refractivity (Wildman–Crippen MR) is 78.1 cm³/mol. The van der Waals surface area contributed by atoms with Crippen LogP contribution in [0, 0.1) is 5.41 Å². The lowest BCUT2D eigenvalue weighted by molar-refractivity contribution is -0.149. The smallest absolute Gasteiger partial charge is 0.311 e. The predicted octanol–water partition coefficient (Wildman–Crippen LogP) is 1.58. The third-order valence-electron chi connectivity index (χ3n) is 4.28. The van der Waals surface area contributed by atoms with Gasteiger partial charge in [-0.1, -0.05) is 13.8 Å². The van der Waals surface area contributed by atoms with E-state index < -0.39 is 11.4 Å². The fraction of sp³-hybridized carbons (Fsp3) is 0.867. The number of ether oxygens (including phenoxy) is 2. The molecule has 1 rings (SSSR count).